The van der Waals surface area contributed by atoms with Crippen LogP contribution in [0.15, 0.2) is 24.3 Å². The molecule has 0 unspecified atom stereocenters. The predicted molar refractivity (Wildman–Crippen MR) is 58.6 cm³/mol. The van der Waals surface area contributed by atoms with Crippen molar-refractivity contribution in [3.63, 3.8) is 0 Å². The summed E-state index contributed by atoms with van der Waals surface area (Å²) in [5.74, 6) is 0.132. The topological polar surface area (TPSA) is 17.1 Å². The molecule has 0 saturated carbocycles. The summed E-state index contributed by atoms with van der Waals surface area (Å²) < 4.78 is 0. The fourth-order valence-corrected chi connectivity index (χ4v) is 1.46. The first-order valence-electron chi connectivity index (χ1n) is 4.40. The van der Waals surface area contributed by atoms with Crippen LogP contribution in [0.1, 0.15) is 29.3 Å². The number of Topliss-reactive ketones (excluding diaryl/α,β-unsaturated/α-hetero) is 1. The molecule has 13 heavy (non-hydrogen) atoms. The first-order valence-corrected chi connectivity index (χ1v) is 5.52. The Hall–Kier alpha value is -0.630. The van der Waals surface area contributed by atoms with Crippen molar-refractivity contribution in [2.24, 2.45) is 0 Å². The Morgan fingerprint density at radius 3 is 2.38 bits per heavy atom. The zero-order valence-corrected chi connectivity index (χ0v) is 9.30. The molecule has 2 heteroatoms. The van der Waals surface area contributed by atoms with Crippen LogP contribution in [-0.2, 0) is 6.42 Å². The molecule has 1 aromatic carbocycles. The molecule has 0 atom stereocenters. The van der Waals surface area contributed by atoms with Crippen LogP contribution in [-0.4, -0.2) is 11.1 Å². The van der Waals surface area contributed by atoms with E-state index in [2.05, 4.69) is 15.9 Å². The van der Waals surface area contributed by atoms with Crippen LogP contribution in [0.5, 0.6) is 0 Å². The lowest BCUT2D eigenvalue weighted by atomic mass is 10.1. The van der Waals surface area contributed by atoms with Crippen LogP contribution in [0, 0.1) is 0 Å². The fourth-order valence-electron chi connectivity index (χ4n) is 1.18. The average Bonchev–Trinajstić information content (AvgIpc) is 2.15. The maximum absolute atomic E-state index is 11.0. The average molecular weight is 241 g/mol. The van der Waals surface area contributed by atoms with Gasteiger partial charge in [-0.05, 0) is 25.3 Å². The quantitative estimate of drug-likeness (QED) is 0.584. The lowest BCUT2D eigenvalue weighted by molar-refractivity contribution is 0.101. The van der Waals surface area contributed by atoms with E-state index in [-0.39, 0.29) is 5.78 Å². The standard InChI is InChI=1S/C11H13BrO/c1-9(13)11-6-4-10(5-7-11)3-2-8-12/h4-7H,2-3,8H2,1H3. The molecular formula is C11H13BrO. The molecule has 70 valence electrons. The monoisotopic (exact) mass is 240 g/mol. The minimum absolute atomic E-state index is 0.132. The summed E-state index contributed by atoms with van der Waals surface area (Å²) >= 11 is 3.39. The molecule has 0 N–H and O–H groups in total. The SMILES string of the molecule is CC(=O)c1ccc(CCCBr)cc1. The lowest BCUT2D eigenvalue weighted by Crippen LogP contribution is -1.92. The number of carbonyl (C=O) groups excluding carboxylic acids is 1. The van der Waals surface area contributed by atoms with Crippen molar-refractivity contribution in [2.75, 3.05) is 5.33 Å². The van der Waals surface area contributed by atoms with Gasteiger partial charge in [-0.15, -0.1) is 0 Å². The third kappa shape index (κ3) is 3.31. The van der Waals surface area contributed by atoms with Crippen molar-refractivity contribution < 1.29 is 4.79 Å². The molecule has 0 aliphatic carbocycles. The molecule has 0 saturated heterocycles. The van der Waals surface area contributed by atoms with Crippen molar-refractivity contribution in [3.05, 3.63) is 35.4 Å². The van der Waals surface area contributed by atoms with Crippen LogP contribution < -0.4 is 0 Å². The predicted octanol–water partition coefficient (Wildman–Crippen LogP) is 3.22. The second kappa shape index (κ2) is 5.18. The lowest BCUT2D eigenvalue weighted by Gasteiger charge is -2.00. The van der Waals surface area contributed by atoms with Crippen molar-refractivity contribution in [1.82, 2.24) is 0 Å². The molecule has 0 aliphatic heterocycles. The van der Waals surface area contributed by atoms with Crippen LogP contribution in [0.4, 0.5) is 0 Å². The number of benzene rings is 1. The fraction of sp³-hybridized carbons (Fsp3) is 0.364. The van der Waals surface area contributed by atoms with Crippen molar-refractivity contribution in [2.45, 2.75) is 19.8 Å². The van der Waals surface area contributed by atoms with E-state index in [9.17, 15) is 4.79 Å². The maximum Gasteiger partial charge on any atom is 0.159 e. The van der Waals surface area contributed by atoms with Crippen molar-refractivity contribution >= 4 is 21.7 Å². The molecule has 0 aromatic heterocycles. The number of alkyl halides is 1. The van der Waals surface area contributed by atoms with Gasteiger partial charge in [-0.25, -0.2) is 0 Å². The summed E-state index contributed by atoms with van der Waals surface area (Å²) in [5, 5.41) is 1.03. The number of halogens is 1. The first-order chi connectivity index (χ1) is 6.24. The molecule has 0 radical (unpaired) electrons. The number of aryl methyl sites for hydroxylation is 1. The summed E-state index contributed by atoms with van der Waals surface area (Å²) in [6.07, 6.45) is 2.21. The molecule has 1 aromatic rings. The molecular weight excluding hydrogens is 228 g/mol. The summed E-state index contributed by atoms with van der Waals surface area (Å²) in [5.41, 5.74) is 2.09. The van der Waals surface area contributed by atoms with Crippen LogP contribution >= 0.6 is 15.9 Å². The Kier molecular flexibility index (Phi) is 4.16. The highest BCUT2D eigenvalue weighted by molar-refractivity contribution is 9.09. The number of carbonyl (C=O) groups is 1. The Morgan fingerprint density at radius 1 is 1.31 bits per heavy atom. The second-order valence-electron chi connectivity index (χ2n) is 3.05. The summed E-state index contributed by atoms with van der Waals surface area (Å²) in [7, 11) is 0. The molecule has 0 aliphatic rings. The van der Waals surface area contributed by atoms with Gasteiger partial charge in [0.25, 0.3) is 0 Å². The van der Waals surface area contributed by atoms with Gasteiger partial charge in [0.05, 0.1) is 0 Å². The molecule has 0 amide bonds. The number of hydrogen-bond acceptors (Lipinski definition) is 1. The van der Waals surface area contributed by atoms with E-state index in [0.717, 1.165) is 23.7 Å². The molecule has 0 bridgehead atoms. The Bertz CT molecular complexity index is 277. The van der Waals surface area contributed by atoms with Gasteiger partial charge in [-0.3, -0.25) is 4.79 Å². The summed E-state index contributed by atoms with van der Waals surface area (Å²) in [6.45, 7) is 1.59. The van der Waals surface area contributed by atoms with Gasteiger partial charge in [0.15, 0.2) is 5.78 Å². The van der Waals surface area contributed by atoms with E-state index in [1.54, 1.807) is 6.92 Å². The normalized spacial score (nSPS) is 10.0. The molecule has 0 heterocycles. The minimum Gasteiger partial charge on any atom is -0.295 e. The third-order valence-corrected chi connectivity index (χ3v) is 2.52. The smallest absolute Gasteiger partial charge is 0.159 e. The Labute approximate surface area is 87.3 Å². The number of ketones is 1. The van der Waals surface area contributed by atoms with Gasteiger partial charge in [-0.2, -0.15) is 0 Å². The Balaban J connectivity index is 2.64. The van der Waals surface area contributed by atoms with Crippen LogP contribution in [0.2, 0.25) is 0 Å². The van der Waals surface area contributed by atoms with E-state index >= 15 is 0 Å². The van der Waals surface area contributed by atoms with E-state index in [0.29, 0.717) is 0 Å². The van der Waals surface area contributed by atoms with Gasteiger partial charge < -0.3 is 0 Å². The zero-order chi connectivity index (χ0) is 9.68. The van der Waals surface area contributed by atoms with Gasteiger partial charge in [0, 0.05) is 10.9 Å². The van der Waals surface area contributed by atoms with E-state index in [1.165, 1.54) is 5.56 Å². The molecule has 1 rings (SSSR count). The maximum atomic E-state index is 11.0. The van der Waals surface area contributed by atoms with Gasteiger partial charge in [-0.1, -0.05) is 40.2 Å². The molecule has 1 nitrogen and oxygen atoms in total. The van der Waals surface area contributed by atoms with Gasteiger partial charge in [0.2, 0.25) is 0 Å². The highest BCUT2D eigenvalue weighted by atomic mass is 79.9. The molecule has 0 fully saturated rings. The highest BCUT2D eigenvalue weighted by Crippen LogP contribution is 2.07. The minimum atomic E-state index is 0.132. The first kappa shape index (κ1) is 10.5. The van der Waals surface area contributed by atoms with Gasteiger partial charge in [0.1, 0.15) is 0 Å². The number of rotatable bonds is 4. The largest absolute Gasteiger partial charge is 0.295 e. The highest BCUT2D eigenvalue weighted by Gasteiger charge is 1.98. The molecule has 0 spiro atoms. The summed E-state index contributed by atoms with van der Waals surface area (Å²) in [6, 6.07) is 7.84. The Morgan fingerprint density at radius 2 is 1.92 bits per heavy atom. The van der Waals surface area contributed by atoms with Crippen LogP contribution in [0.3, 0.4) is 0 Å². The van der Waals surface area contributed by atoms with Crippen molar-refractivity contribution in [1.29, 1.82) is 0 Å². The van der Waals surface area contributed by atoms with E-state index < -0.39 is 0 Å². The van der Waals surface area contributed by atoms with Crippen LogP contribution in [0.25, 0.3) is 0 Å². The number of hydrogen-bond donors (Lipinski definition) is 0. The van der Waals surface area contributed by atoms with Crippen molar-refractivity contribution in [3.8, 4) is 0 Å². The second-order valence-corrected chi connectivity index (χ2v) is 3.84. The van der Waals surface area contributed by atoms with E-state index in [1.807, 2.05) is 24.3 Å². The summed E-state index contributed by atoms with van der Waals surface area (Å²) in [4.78, 5) is 11.0. The third-order valence-electron chi connectivity index (χ3n) is 1.96. The van der Waals surface area contributed by atoms with E-state index in [4.69, 9.17) is 0 Å². The van der Waals surface area contributed by atoms with Gasteiger partial charge >= 0.3 is 0 Å². The zero-order valence-electron chi connectivity index (χ0n) is 7.72.